The predicted octanol–water partition coefficient (Wildman–Crippen LogP) is 3.78. The van der Waals surface area contributed by atoms with E-state index in [9.17, 15) is 13.2 Å². The molecule has 3 aromatic rings. The minimum Gasteiger partial charge on any atom is -0.493 e. The Balaban J connectivity index is 1.20. The Morgan fingerprint density at radius 2 is 1.91 bits per heavy atom. The van der Waals surface area contributed by atoms with E-state index >= 15 is 0 Å². The number of nitrogens with zero attached hydrogens (tertiary/aromatic N) is 2. The summed E-state index contributed by atoms with van der Waals surface area (Å²) in [5.41, 5.74) is 3.01. The molecule has 5 rings (SSSR count). The predicted molar refractivity (Wildman–Crippen MR) is 123 cm³/mol. The van der Waals surface area contributed by atoms with Crippen LogP contribution in [0.2, 0.25) is 0 Å². The standard InChI is InChI=1S/C23H23N3O4S2/c27-22(16-8-11-26(12-9-16)32(28,29)19-4-2-1-3-5-19)25-23-24-20(15-31-23)17-6-7-21-18(14-17)10-13-30-21/h1-7,14-16H,8-13H2,(H,24,25,27). The molecule has 1 fully saturated rings. The molecule has 9 heteroatoms. The fourth-order valence-electron chi connectivity index (χ4n) is 4.12. The van der Waals surface area contributed by atoms with Gasteiger partial charge in [-0.15, -0.1) is 11.3 Å². The number of hydrogen-bond donors (Lipinski definition) is 1. The summed E-state index contributed by atoms with van der Waals surface area (Å²) in [5.74, 6) is 0.588. The number of sulfonamides is 1. The van der Waals surface area contributed by atoms with Crippen molar-refractivity contribution in [2.75, 3.05) is 25.0 Å². The number of carbonyl (C=O) groups excluding carboxylic acids is 1. The van der Waals surface area contributed by atoms with Crippen LogP contribution in [0.5, 0.6) is 5.75 Å². The zero-order valence-corrected chi connectivity index (χ0v) is 19.0. The van der Waals surface area contributed by atoms with Gasteiger partial charge in [0.1, 0.15) is 5.75 Å². The second-order valence-corrected chi connectivity index (χ2v) is 10.7. The Morgan fingerprint density at radius 3 is 2.69 bits per heavy atom. The van der Waals surface area contributed by atoms with E-state index in [1.54, 1.807) is 30.3 Å². The largest absolute Gasteiger partial charge is 0.493 e. The van der Waals surface area contributed by atoms with Gasteiger partial charge in [-0.25, -0.2) is 13.4 Å². The highest BCUT2D eigenvalue weighted by atomic mass is 32.2. The molecule has 0 bridgehead atoms. The number of fused-ring (bicyclic) bond motifs is 1. The van der Waals surface area contributed by atoms with E-state index in [0.29, 0.717) is 37.7 Å². The summed E-state index contributed by atoms with van der Waals surface area (Å²) >= 11 is 1.39. The van der Waals surface area contributed by atoms with Gasteiger partial charge in [0.15, 0.2) is 5.13 Å². The van der Waals surface area contributed by atoms with Crippen molar-refractivity contribution in [1.29, 1.82) is 0 Å². The lowest BCUT2D eigenvalue weighted by Gasteiger charge is -2.30. The van der Waals surface area contributed by atoms with Crippen molar-refractivity contribution < 1.29 is 17.9 Å². The Morgan fingerprint density at radius 1 is 1.12 bits per heavy atom. The van der Waals surface area contributed by atoms with Crippen LogP contribution >= 0.6 is 11.3 Å². The lowest BCUT2D eigenvalue weighted by molar-refractivity contribution is -0.120. The van der Waals surface area contributed by atoms with Crippen molar-refractivity contribution in [2.45, 2.75) is 24.2 Å². The first kappa shape index (κ1) is 21.1. The topological polar surface area (TPSA) is 88.6 Å². The lowest BCUT2D eigenvalue weighted by Crippen LogP contribution is -2.41. The van der Waals surface area contributed by atoms with E-state index in [0.717, 1.165) is 23.4 Å². The minimum absolute atomic E-state index is 0.106. The first-order chi connectivity index (χ1) is 15.5. The Bertz CT molecular complexity index is 1230. The van der Waals surface area contributed by atoms with Gasteiger partial charge in [0, 0.05) is 36.4 Å². The van der Waals surface area contributed by atoms with Gasteiger partial charge in [0.05, 0.1) is 17.2 Å². The number of ether oxygens (including phenoxy) is 1. The number of nitrogens with one attached hydrogen (secondary N) is 1. The number of piperidine rings is 1. The number of benzene rings is 2. The van der Waals surface area contributed by atoms with E-state index in [1.807, 2.05) is 17.5 Å². The molecule has 7 nitrogen and oxygen atoms in total. The summed E-state index contributed by atoms with van der Waals surface area (Å²) in [6.07, 6.45) is 1.87. The number of rotatable bonds is 5. The average Bonchev–Trinajstić information content (AvgIpc) is 3.48. The molecule has 0 radical (unpaired) electrons. The smallest absolute Gasteiger partial charge is 0.243 e. The fraction of sp³-hybridized carbons (Fsp3) is 0.304. The van der Waals surface area contributed by atoms with Crippen LogP contribution < -0.4 is 10.1 Å². The number of carbonyl (C=O) groups is 1. The van der Waals surface area contributed by atoms with Crippen molar-refractivity contribution in [2.24, 2.45) is 5.92 Å². The molecule has 32 heavy (non-hydrogen) atoms. The zero-order chi connectivity index (χ0) is 22.1. The maximum absolute atomic E-state index is 12.8. The first-order valence-corrected chi connectivity index (χ1v) is 12.9. The third-order valence-electron chi connectivity index (χ3n) is 5.93. The third kappa shape index (κ3) is 4.15. The molecule has 0 aliphatic carbocycles. The summed E-state index contributed by atoms with van der Waals surface area (Å²) in [5, 5.41) is 5.40. The summed E-state index contributed by atoms with van der Waals surface area (Å²) < 4.78 is 32.6. The molecule has 0 saturated carbocycles. The highest BCUT2D eigenvalue weighted by molar-refractivity contribution is 7.89. The monoisotopic (exact) mass is 469 g/mol. The van der Waals surface area contributed by atoms with Crippen LogP contribution in [0.4, 0.5) is 5.13 Å². The summed E-state index contributed by atoms with van der Waals surface area (Å²) in [6, 6.07) is 14.5. The van der Waals surface area contributed by atoms with E-state index in [4.69, 9.17) is 4.74 Å². The van der Waals surface area contributed by atoms with E-state index in [1.165, 1.54) is 21.2 Å². The van der Waals surface area contributed by atoms with Crippen molar-refractivity contribution >= 4 is 32.4 Å². The van der Waals surface area contributed by atoms with E-state index < -0.39 is 10.0 Å². The van der Waals surface area contributed by atoms with Crippen LogP contribution in [-0.4, -0.2) is 43.3 Å². The maximum atomic E-state index is 12.8. The Kier molecular flexibility index (Phi) is 5.71. The van der Waals surface area contributed by atoms with Gasteiger partial charge in [-0.05, 0) is 48.7 Å². The molecule has 3 heterocycles. The Hall–Kier alpha value is -2.75. The molecule has 0 unspecified atom stereocenters. The molecular weight excluding hydrogens is 446 g/mol. The molecule has 1 saturated heterocycles. The van der Waals surface area contributed by atoms with E-state index in [-0.39, 0.29) is 16.7 Å². The molecule has 1 aromatic heterocycles. The highest BCUT2D eigenvalue weighted by Gasteiger charge is 2.32. The van der Waals surface area contributed by atoms with Crippen molar-refractivity contribution in [1.82, 2.24) is 9.29 Å². The Labute approximate surface area is 191 Å². The van der Waals surface area contributed by atoms with Crippen LogP contribution in [0.25, 0.3) is 11.3 Å². The average molecular weight is 470 g/mol. The SMILES string of the molecule is O=C(Nc1nc(-c2ccc3c(c2)CCO3)cs1)C1CCN(S(=O)(=O)c2ccccc2)CC1. The van der Waals surface area contributed by atoms with E-state index in [2.05, 4.69) is 16.4 Å². The second-order valence-electron chi connectivity index (χ2n) is 7.94. The van der Waals surface area contributed by atoms with Crippen LogP contribution in [0.3, 0.4) is 0 Å². The van der Waals surface area contributed by atoms with Crippen LogP contribution in [0.1, 0.15) is 18.4 Å². The molecule has 1 amide bonds. The number of amides is 1. The molecule has 0 spiro atoms. The number of thiazole rings is 1. The second kappa shape index (κ2) is 8.65. The first-order valence-electron chi connectivity index (χ1n) is 10.6. The third-order valence-corrected chi connectivity index (χ3v) is 8.60. The zero-order valence-electron chi connectivity index (χ0n) is 17.4. The van der Waals surface area contributed by atoms with Crippen molar-refractivity contribution in [3.63, 3.8) is 0 Å². The molecule has 166 valence electrons. The quantitative estimate of drug-likeness (QED) is 0.614. The van der Waals surface area contributed by atoms with Gasteiger partial charge < -0.3 is 10.1 Å². The molecular formula is C23H23N3O4S2. The van der Waals surface area contributed by atoms with Gasteiger partial charge in [-0.1, -0.05) is 18.2 Å². The van der Waals surface area contributed by atoms with Crippen LogP contribution in [0.15, 0.2) is 58.8 Å². The number of anilines is 1. The van der Waals surface area contributed by atoms with Gasteiger partial charge in [0.25, 0.3) is 0 Å². The van der Waals surface area contributed by atoms with Crippen molar-refractivity contribution in [3.05, 3.63) is 59.5 Å². The molecule has 2 aliphatic rings. The molecule has 1 N–H and O–H groups in total. The fourth-order valence-corrected chi connectivity index (χ4v) is 6.33. The minimum atomic E-state index is -3.52. The maximum Gasteiger partial charge on any atom is 0.243 e. The number of hydrogen-bond acceptors (Lipinski definition) is 6. The van der Waals surface area contributed by atoms with Gasteiger partial charge >= 0.3 is 0 Å². The highest BCUT2D eigenvalue weighted by Crippen LogP contribution is 2.32. The van der Waals surface area contributed by atoms with Gasteiger partial charge in [0.2, 0.25) is 15.9 Å². The number of aromatic nitrogens is 1. The van der Waals surface area contributed by atoms with Gasteiger partial charge in [-0.2, -0.15) is 4.31 Å². The summed E-state index contributed by atoms with van der Waals surface area (Å²) in [6.45, 7) is 1.37. The van der Waals surface area contributed by atoms with Crippen LogP contribution in [0, 0.1) is 5.92 Å². The lowest BCUT2D eigenvalue weighted by atomic mass is 9.97. The van der Waals surface area contributed by atoms with Crippen LogP contribution in [-0.2, 0) is 21.2 Å². The van der Waals surface area contributed by atoms with Gasteiger partial charge in [-0.3, -0.25) is 4.79 Å². The molecule has 2 aromatic carbocycles. The molecule has 0 atom stereocenters. The summed E-state index contributed by atoms with van der Waals surface area (Å²) in [7, 11) is -3.52. The normalized spacial score (nSPS) is 17.0. The molecule has 2 aliphatic heterocycles. The van der Waals surface area contributed by atoms with Crippen molar-refractivity contribution in [3.8, 4) is 17.0 Å². The summed E-state index contributed by atoms with van der Waals surface area (Å²) in [4.78, 5) is 17.6.